The Morgan fingerprint density at radius 2 is 1.82 bits per heavy atom. The molecule has 0 amide bonds. The van der Waals surface area contributed by atoms with Crippen LogP contribution in [0, 0.1) is 10.1 Å². The van der Waals surface area contributed by atoms with Crippen molar-refractivity contribution in [3.05, 3.63) is 80.5 Å². The van der Waals surface area contributed by atoms with Crippen molar-refractivity contribution in [2.45, 2.75) is 6.18 Å². The van der Waals surface area contributed by atoms with Gasteiger partial charge in [0.2, 0.25) is 0 Å². The van der Waals surface area contributed by atoms with E-state index in [2.05, 4.69) is 26.5 Å². The summed E-state index contributed by atoms with van der Waals surface area (Å²) in [6.45, 7) is 0. The molecule has 0 atom stereocenters. The van der Waals surface area contributed by atoms with Gasteiger partial charge < -0.3 is 4.42 Å². The molecule has 28 heavy (non-hydrogen) atoms. The molecule has 3 rings (SSSR count). The van der Waals surface area contributed by atoms with E-state index in [-0.39, 0.29) is 21.5 Å². The normalized spacial score (nSPS) is 11.7. The molecule has 0 aliphatic carbocycles. The number of benzene rings is 2. The Morgan fingerprint density at radius 3 is 2.46 bits per heavy atom. The van der Waals surface area contributed by atoms with E-state index in [0.29, 0.717) is 11.4 Å². The van der Waals surface area contributed by atoms with Crippen LogP contribution in [0.4, 0.5) is 24.5 Å². The SMILES string of the molecule is O=[N+]([O-])c1ccc(N/N=C/c2ccc(-c3ccc(Br)c(C(F)(F)F)c3)o2)cc1. The lowest BCUT2D eigenvalue weighted by molar-refractivity contribution is -0.384. The highest BCUT2D eigenvalue weighted by molar-refractivity contribution is 9.10. The Kier molecular flexibility index (Phi) is 5.50. The molecular weight excluding hydrogens is 443 g/mol. The number of hydrazone groups is 1. The van der Waals surface area contributed by atoms with E-state index >= 15 is 0 Å². The molecular formula is C18H11BrF3N3O3. The van der Waals surface area contributed by atoms with Crippen molar-refractivity contribution in [3.63, 3.8) is 0 Å². The van der Waals surface area contributed by atoms with E-state index in [4.69, 9.17) is 4.42 Å². The summed E-state index contributed by atoms with van der Waals surface area (Å²) < 4.78 is 44.5. The molecule has 0 unspecified atom stereocenters. The standard InChI is InChI=1S/C18H11BrF3N3O3/c19-16-7-1-11(9-15(16)18(20,21)22)17-8-6-14(28-17)10-23-24-12-2-4-13(5-3-12)25(26)27/h1-10,24H/b23-10+. The van der Waals surface area contributed by atoms with Gasteiger partial charge in [-0.05, 0) is 36.4 Å². The molecule has 144 valence electrons. The Labute approximate surface area is 165 Å². The molecule has 10 heteroatoms. The van der Waals surface area contributed by atoms with Gasteiger partial charge in [0, 0.05) is 22.2 Å². The second kappa shape index (κ2) is 7.85. The minimum atomic E-state index is -4.49. The van der Waals surface area contributed by atoms with Gasteiger partial charge >= 0.3 is 6.18 Å². The molecule has 0 aliphatic rings. The van der Waals surface area contributed by atoms with Crippen molar-refractivity contribution in [2.75, 3.05) is 5.43 Å². The van der Waals surface area contributed by atoms with Crippen molar-refractivity contribution in [2.24, 2.45) is 5.10 Å². The van der Waals surface area contributed by atoms with Crippen LogP contribution in [0.2, 0.25) is 0 Å². The Hall–Kier alpha value is -3.14. The molecule has 0 saturated heterocycles. The molecule has 3 aromatic rings. The minimum absolute atomic E-state index is 0.0436. The molecule has 6 nitrogen and oxygen atoms in total. The summed E-state index contributed by atoms with van der Waals surface area (Å²) in [4.78, 5) is 10.1. The largest absolute Gasteiger partial charge is 0.455 e. The smallest absolute Gasteiger partial charge is 0.417 e. The van der Waals surface area contributed by atoms with Crippen LogP contribution in [0.15, 0.2) is 68.6 Å². The van der Waals surface area contributed by atoms with Crippen LogP contribution in [0.1, 0.15) is 11.3 Å². The molecule has 1 heterocycles. The number of anilines is 1. The zero-order valence-electron chi connectivity index (χ0n) is 13.9. The first-order valence-corrected chi connectivity index (χ1v) is 8.54. The van der Waals surface area contributed by atoms with Crippen molar-refractivity contribution < 1.29 is 22.5 Å². The topological polar surface area (TPSA) is 80.7 Å². The highest BCUT2D eigenvalue weighted by Crippen LogP contribution is 2.37. The summed E-state index contributed by atoms with van der Waals surface area (Å²) in [6, 6.07) is 12.6. The molecule has 0 aliphatic heterocycles. The molecule has 0 spiro atoms. The van der Waals surface area contributed by atoms with Crippen LogP contribution in [0.5, 0.6) is 0 Å². The third kappa shape index (κ3) is 4.58. The quantitative estimate of drug-likeness (QED) is 0.288. The van der Waals surface area contributed by atoms with Gasteiger partial charge in [0.25, 0.3) is 5.69 Å². The van der Waals surface area contributed by atoms with Gasteiger partial charge in [-0.15, -0.1) is 0 Å². The van der Waals surface area contributed by atoms with Gasteiger partial charge in [-0.2, -0.15) is 18.3 Å². The fourth-order valence-electron chi connectivity index (χ4n) is 2.30. The first-order chi connectivity index (χ1) is 13.2. The minimum Gasteiger partial charge on any atom is -0.455 e. The van der Waals surface area contributed by atoms with Crippen LogP contribution < -0.4 is 5.43 Å². The van der Waals surface area contributed by atoms with E-state index in [1.807, 2.05) is 0 Å². The van der Waals surface area contributed by atoms with E-state index < -0.39 is 16.7 Å². The molecule has 0 bridgehead atoms. The van der Waals surface area contributed by atoms with E-state index in [0.717, 1.165) is 6.07 Å². The highest BCUT2D eigenvalue weighted by atomic mass is 79.9. The molecule has 2 aromatic carbocycles. The average molecular weight is 454 g/mol. The summed E-state index contributed by atoms with van der Waals surface area (Å²) in [7, 11) is 0. The number of halogens is 4. The number of non-ortho nitro benzene ring substituents is 1. The zero-order chi connectivity index (χ0) is 20.3. The highest BCUT2D eigenvalue weighted by Gasteiger charge is 2.33. The molecule has 0 saturated carbocycles. The molecule has 1 aromatic heterocycles. The Morgan fingerprint density at radius 1 is 1.11 bits per heavy atom. The van der Waals surface area contributed by atoms with Gasteiger partial charge in [-0.3, -0.25) is 15.5 Å². The van der Waals surface area contributed by atoms with Crippen LogP contribution in [-0.4, -0.2) is 11.1 Å². The van der Waals surface area contributed by atoms with Gasteiger partial charge in [-0.25, -0.2) is 0 Å². The number of hydrogen-bond acceptors (Lipinski definition) is 5. The Bertz CT molecular complexity index is 1030. The van der Waals surface area contributed by atoms with Crippen molar-refractivity contribution >= 4 is 33.5 Å². The summed E-state index contributed by atoms with van der Waals surface area (Å²) in [6.07, 6.45) is -3.14. The summed E-state index contributed by atoms with van der Waals surface area (Å²) in [5.41, 5.74) is 2.64. The van der Waals surface area contributed by atoms with Gasteiger partial charge in [-0.1, -0.05) is 22.0 Å². The summed E-state index contributed by atoms with van der Waals surface area (Å²) in [5.74, 6) is 0.579. The first-order valence-electron chi connectivity index (χ1n) is 7.74. The Balaban J connectivity index is 1.72. The van der Waals surface area contributed by atoms with Gasteiger partial charge in [0.1, 0.15) is 11.5 Å². The van der Waals surface area contributed by atoms with Gasteiger partial charge in [0.05, 0.1) is 22.4 Å². The van der Waals surface area contributed by atoms with E-state index in [9.17, 15) is 23.3 Å². The predicted octanol–water partition coefficient (Wildman–Crippen LogP) is 6.08. The third-order valence-corrected chi connectivity index (χ3v) is 4.34. The lowest BCUT2D eigenvalue weighted by Crippen LogP contribution is -2.05. The lowest BCUT2D eigenvalue weighted by atomic mass is 10.1. The number of nitro groups is 1. The second-order valence-electron chi connectivity index (χ2n) is 5.57. The van der Waals surface area contributed by atoms with E-state index in [1.165, 1.54) is 48.7 Å². The number of nitrogens with one attached hydrogen (secondary N) is 1. The summed E-state index contributed by atoms with van der Waals surface area (Å²) >= 11 is 2.90. The maximum atomic E-state index is 13.0. The van der Waals surface area contributed by atoms with Crippen LogP contribution in [0.25, 0.3) is 11.3 Å². The van der Waals surface area contributed by atoms with Crippen LogP contribution in [-0.2, 0) is 6.18 Å². The van der Waals surface area contributed by atoms with Crippen LogP contribution >= 0.6 is 15.9 Å². The molecule has 0 radical (unpaired) electrons. The maximum absolute atomic E-state index is 13.0. The van der Waals surface area contributed by atoms with E-state index in [1.54, 1.807) is 6.07 Å². The average Bonchev–Trinajstić information content (AvgIpc) is 3.10. The molecule has 1 N–H and O–H groups in total. The second-order valence-corrected chi connectivity index (χ2v) is 6.42. The third-order valence-electron chi connectivity index (χ3n) is 3.65. The summed E-state index contributed by atoms with van der Waals surface area (Å²) in [5, 5.41) is 14.5. The number of rotatable bonds is 5. The van der Waals surface area contributed by atoms with Crippen molar-refractivity contribution in [3.8, 4) is 11.3 Å². The van der Waals surface area contributed by atoms with Crippen molar-refractivity contribution in [1.82, 2.24) is 0 Å². The van der Waals surface area contributed by atoms with Gasteiger partial charge in [0.15, 0.2) is 0 Å². The zero-order valence-corrected chi connectivity index (χ0v) is 15.5. The number of hydrogen-bond donors (Lipinski definition) is 1. The fourth-order valence-corrected chi connectivity index (χ4v) is 2.77. The number of nitro benzene ring substituents is 1. The first kappa shape index (κ1) is 19.6. The number of alkyl halides is 3. The van der Waals surface area contributed by atoms with Crippen LogP contribution in [0.3, 0.4) is 0 Å². The molecule has 0 fully saturated rings. The monoisotopic (exact) mass is 453 g/mol. The fraction of sp³-hybridized carbons (Fsp3) is 0.0556. The maximum Gasteiger partial charge on any atom is 0.417 e. The number of furan rings is 1. The lowest BCUT2D eigenvalue weighted by Gasteiger charge is -2.10. The number of nitrogens with zero attached hydrogens (tertiary/aromatic N) is 2. The van der Waals surface area contributed by atoms with Crippen molar-refractivity contribution in [1.29, 1.82) is 0 Å². The predicted molar refractivity (Wildman–Crippen MR) is 101 cm³/mol.